The highest BCUT2D eigenvalue weighted by molar-refractivity contribution is 7.89. The fraction of sp³-hybridized carbons (Fsp3) is 0.636. The van der Waals surface area contributed by atoms with Crippen molar-refractivity contribution in [1.82, 2.24) is 4.72 Å². The van der Waals surface area contributed by atoms with Crippen molar-refractivity contribution in [2.45, 2.75) is 37.2 Å². The lowest BCUT2D eigenvalue weighted by molar-refractivity contribution is 0.282. The van der Waals surface area contributed by atoms with Crippen molar-refractivity contribution in [2.24, 2.45) is 5.92 Å². The fourth-order valence-corrected chi connectivity index (χ4v) is 4.61. The smallest absolute Gasteiger partial charge is 0.241 e. The molecule has 96 valence electrons. The van der Waals surface area contributed by atoms with E-state index in [9.17, 15) is 8.42 Å². The van der Waals surface area contributed by atoms with Crippen LogP contribution < -0.4 is 4.72 Å². The van der Waals surface area contributed by atoms with Gasteiger partial charge in [-0.25, -0.2) is 13.1 Å². The molecule has 0 aromatic carbocycles. The molecule has 17 heavy (non-hydrogen) atoms. The van der Waals surface area contributed by atoms with Crippen LogP contribution in [0.5, 0.6) is 0 Å². The monoisotopic (exact) mass is 275 g/mol. The Balaban J connectivity index is 2.03. The number of rotatable bonds is 5. The van der Waals surface area contributed by atoms with Crippen molar-refractivity contribution in [3.05, 3.63) is 16.3 Å². The van der Waals surface area contributed by atoms with Gasteiger partial charge in [-0.1, -0.05) is 12.8 Å². The summed E-state index contributed by atoms with van der Waals surface area (Å²) in [4.78, 5) is 0.729. The largest absolute Gasteiger partial charge is 0.391 e. The van der Waals surface area contributed by atoms with Gasteiger partial charge in [-0.2, -0.15) is 0 Å². The third kappa shape index (κ3) is 3.07. The van der Waals surface area contributed by atoms with Crippen LogP contribution in [0.3, 0.4) is 0 Å². The molecule has 0 saturated heterocycles. The number of nitrogens with one attached hydrogen (secondary N) is 1. The second kappa shape index (κ2) is 5.48. The van der Waals surface area contributed by atoms with Gasteiger partial charge < -0.3 is 5.11 Å². The van der Waals surface area contributed by atoms with Gasteiger partial charge in [0.1, 0.15) is 0 Å². The Kier molecular flexibility index (Phi) is 4.19. The SMILES string of the molecule is O=S(=O)(NCC1CCCC1)c1ccsc1CO. The van der Waals surface area contributed by atoms with Crippen molar-refractivity contribution in [1.29, 1.82) is 0 Å². The van der Waals surface area contributed by atoms with Crippen LogP contribution in [-0.4, -0.2) is 20.1 Å². The summed E-state index contributed by atoms with van der Waals surface area (Å²) >= 11 is 1.27. The molecule has 0 aliphatic heterocycles. The Labute approximate surface area is 106 Å². The van der Waals surface area contributed by atoms with Crippen LogP contribution in [0.4, 0.5) is 0 Å². The molecule has 1 aromatic heterocycles. The first-order valence-corrected chi connectivity index (χ1v) is 8.16. The van der Waals surface area contributed by atoms with Crippen LogP contribution in [-0.2, 0) is 16.6 Å². The van der Waals surface area contributed by atoms with Crippen LogP contribution in [0.25, 0.3) is 0 Å². The number of hydrogen-bond acceptors (Lipinski definition) is 4. The third-order valence-electron chi connectivity index (χ3n) is 3.17. The molecule has 1 aliphatic carbocycles. The predicted molar refractivity (Wildman–Crippen MR) is 67.4 cm³/mol. The lowest BCUT2D eigenvalue weighted by Gasteiger charge is -2.11. The number of hydrogen-bond donors (Lipinski definition) is 2. The van der Waals surface area contributed by atoms with Gasteiger partial charge in [0.05, 0.1) is 11.5 Å². The second-order valence-corrected chi connectivity index (χ2v) is 7.10. The lowest BCUT2D eigenvalue weighted by atomic mass is 10.1. The molecular weight excluding hydrogens is 258 g/mol. The lowest BCUT2D eigenvalue weighted by Crippen LogP contribution is -2.28. The fourth-order valence-electron chi connectivity index (χ4n) is 2.20. The van der Waals surface area contributed by atoms with E-state index in [1.807, 2.05) is 0 Å². The molecule has 0 atom stereocenters. The molecule has 0 spiro atoms. The van der Waals surface area contributed by atoms with Gasteiger partial charge in [-0.3, -0.25) is 0 Å². The Morgan fingerprint density at radius 1 is 1.41 bits per heavy atom. The van der Waals surface area contributed by atoms with Crippen LogP contribution in [0.2, 0.25) is 0 Å². The molecule has 0 radical (unpaired) electrons. The van der Waals surface area contributed by atoms with E-state index in [2.05, 4.69) is 4.72 Å². The quantitative estimate of drug-likeness (QED) is 0.859. The molecule has 4 nitrogen and oxygen atoms in total. The summed E-state index contributed by atoms with van der Waals surface area (Å²) in [5.41, 5.74) is 0. The average Bonchev–Trinajstić information content (AvgIpc) is 2.97. The summed E-state index contributed by atoms with van der Waals surface area (Å²) in [6.07, 6.45) is 4.62. The van der Waals surface area contributed by atoms with Crippen molar-refractivity contribution >= 4 is 21.4 Å². The van der Waals surface area contributed by atoms with Crippen molar-refractivity contribution in [2.75, 3.05) is 6.54 Å². The van der Waals surface area contributed by atoms with E-state index in [4.69, 9.17) is 5.11 Å². The summed E-state index contributed by atoms with van der Waals surface area (Å²) in [5.74, 6) is 0.473. The third-order valence-corrected chi connectivity index (χ3v) is 5.72. The van der Waals surface area contributed by atoms with E-state index < -0.39 is 10.0 Å². The first-order chi connectivity index (χ1) is 8.13. The Hall–Kier alpha value is -0.430. The van der Waals surface area contributed by atoms with E-state index in [-0.39, 0.29) is 11.5 Å². The first kappa shape index (κ1) is 13.0. The minimum absolute atomic E-state index is 0.225. The van der Waals surface area contributed by atoms with E-state index in [0.717, 1.165) is 12.8 Å². The minimum Gasteiger partial charge on any atom is -0.391 e. The van der Waals surface area contributed by atoms with Crippen LogP contribution in [0.15, 0.2) is 16.3 Å². The second-order valence-electron chi connectivity index (χ2n) is 4.37. The normalized spacial score (nSPS) is 17.7. The van der Waals surface area contributed by atoms with Gasteiger partial charge in [0.25, 0.3) is 0 Å². The Morgan fingerprint density at radius 2 is 2.12 bits per heavy atom. The number of thiophene rings is 1. The van der Waals surface area contributed by atoms with Crippen molar-refractivity contribution < 1.29 is 13.5 Å². The molecule has 0 amide bonds. The van der Waals surface area contributed by atoms with Gasteiger partial charge >= 0.3 is 0 Å². The molecule has 2 rings (SSSR count). The molecule has 1 saturated carbocycles. The summed E-state index contributed by atoms with van der Waals surface area (Å²) in [7, 11) is -3.45. The molecule has 0 unspecified atom stereocenters. The molecule has 1 aromatic rings. The molecule has 1 aliphatic rings. The molecule has 1 heterocycles. The topological polar surface area (TPSA) is 66.4 Å². The van der Waals surface area contributed by atoms with E-state index in [1.54, 1.807) is 11.4 Å². The van der Waals surface area contributed by atoms with Gasteiger partial charge in [-0.15, -0.1) is 11.3 Å². The molecule has 6 heteroatoms. The zero-order valence-electron chi connectivity index (χ0n) is 9.55. The summed E-state index contributed by atoms with van der Waals surface area (Å²) in [6, 6.07) is 1.55. The highest BCUT2D eigenvalue weighted by atomic mass is 32.2. The summed E-state index contributed by atoms with van der Waals surface area (Å²) in [6.45, 7) is 0.292. The Morgan fingerprint density at radius 3 is 2.76 bits per heavy atom. The summed E-state index contributed by atoms with van der Waals surface area (Å²) < 4.78 is 26.7. The molecule has 0 bridgehead atoms. The highest BCUT2D eigenvalue weighted by Gasteiger charge is 2.22. The van der Waals surface area contributed by atoms with E-state index in [1.165, 1.54) is 24.2 Å². The predicted octanol–water partition coefficient (Wildman–Crippen LogP) is 1.71. The van der Waals surface area contributed by atoms with Crippen LogP contribution in [0, 0.1) is 5.92 Å². The zero-order valence-corrected chi connectivity index (χ0v) is 11.2. The first-order valence-electron chi connectivity index (χ1n) is 5.80. The summed E-state index contributed by atoms with van der Waals surface area (Å²) in [5, 5.41) is 10.8. The van der Waals surface area contributed by atoms with Gasteiger partial charge in [0.15, 0.2) is 0 Å². The maximum absolute atomic E-state index is 12.0. The van der Waals surface area contributed by atoms with E-state index in [0.29, 0.717) is 17.3 Å². The van der Waals surface area contributed by atoms with Gasteiger partial charge in [-0.05, 0) is 30.2 Å². The maximum atomic E-state index is 12.0. The average molecular weight is 275 g/mol. The van der Waals surface area contributed by atoms with Crippen LogP contribution in [0.1, 0.15) is 30.6 Å². The number of sulfonamides is 1. The Bertz CT molecular complexity index is 461. The zero-order chi connectivity index (χ0) is 12.3. The van der Waals surface area contributed by atoms with Gasteiger partial charge in [0, 0.05) is 11.4 Å². The maximum Gasteiger partial charge on any atom is 0.241 e. The van der Waals surface area contributed by atoms with E-state index >= 15 is 0 Å². The molecule has 2 N–H and O–H groups in total. The highest BCUT2D eigenvalue weighted by Crippen LogP contribution is 2.25. The standard InChI is InChI=1S/C11H17NO3S2/c13-8-10-11(5-6-16-10)17(14,15)12-7-9-3-1-2-4-9/h5-6,9,12-13H,1-4,7-8H2. The number of aliphatic hydroxyl groups excluding tert-OH is 1. The number of aliphatic hydroxyl groups is 1. The van der Waals surface area contributed by atoms with Gasteiger partial charge in [0.2, 0.25) is 10.0 Å². The molecule has 1 fully saturated rings. The van der Waals surface area contributed by atoms with Crippen LogP contribution >= 0.6 is 11.3 Å². The minimum atomic E-state index is -3.45. The van der Waals surface area contributed by atoms with Crippen molar-refractivity contribution in [3.8, 4) is 0 Å². The molecular formula is C11H17NO3S2. The van der Waals surface area contributed by atoms with Crippen molar-refractivity contribution in [3.63, 3.8) is 0 Å².